The number of benzene rings is 1. The van der Waals surface area contributed by atoms with Crippen LogP contribution in [0.1, 0.15) is 37.7 Å². The molecule has 6 heteroatoms. The summed E-state index contributed by atoms with van der Waals surface area (Å²) < 4.78 is 1.43. The topological polar surface area (TPSA) is 52.7 Å². The summed E-state index contributed by atoms with van der Waals surface area (Å²) in [4.78, 5) is 5.24. The Morgan fingerprint density at radius 1 is 1.04 bits per heavy atom. The lowest BCUT2D eigenvalue weighted by molar-refractivity contribution is 0.0900. The standard InChI is InChI=1S/C19H29Br2N3O/c20-17-11-14(12-18(21)19(17)25)10-15(22)13-23-8-4-16(5-9-23)24-6-2-1-3-7-24/h11-12,15-16,25H,1-10,13,22H2/t15-/m1/s1. The number of phenolic OH excluding ortho intramolecular Hbond substituents is 1. The molecule has 1 aromatic rings. The highest BCUT2D eigenvalue weighted by Crippen LogP contribution is 2.33. The van der Waals surface area contributed by atoms with Crippen molar-refractivity contribution in [2.75, 3.05) is 32.7 Å². The van der Waals surface area contributed by atoms with Crippen LogP contribution in [0.4, 0.5) is 0 Å². The van der Waals surface area contributed by atoms with E-state index in [1.54, 1.807) is 0 Å². The van der Waals surface area contributed by atoms with Crippen LogP contribution in [0.25, 0.3) is 0 Å². The monoisotopic (exact) mass is 473 g/mol. The highest BCUT2D eigenvalue weighted by molar-refractivity contribution is 9.11. The lowest BCUT2D eigenvalue weighted by Crippen LogP contribution is -2.49. The minimum absolute atomic E-state index is 0.120. The first-order valence-corrected chi connectivity index (χ1v) is 11.0. The molecular formula is C19H29Br2N3O. The molecule has 0 aromatic heterocycles. The molecule has 2 fully saturated rings. The van der Waals surface area contributed by atoms with E-state index in [0.717, 1.165) is 37.7 Å². The van der Waals surface area contributed by atoms with Gasteiger partial charge in [-0.15, -0.1) is 0 Å². The van der Waals surface area contributed by atoms with Crippen molar-refractivity contribution in [3.05, 3.63) is 26.6 Å². The lowest BCUT2D eigenvalue weighted by atomic mass is 9.99. The molecule has 1 aromatic carbocycles. The Balaban J connectivity index is 1.45. The van der Waals surface area contributed by atoms with E-state index >= 15 is 0 Å². The number of rotatable bonds is 5. The minimum atomic E-state index is 0.120. The van der Waals surface area contributed by atoms with Crippen molar-refractivity contribution in [3.63, 3.8) is 0 Å². The van der Waals surface area contributed by atoms with Gasteiger partial charge >= 0.3 is 0 Å². The number of nitrogens with two attached hydrogens (primary N) is 1. The number of halogens is 2. The Labute approximate surface area is 168 Å². The number of phenols is 1. The third-order valence-electron chi connectivity index (χ3n) is 5.53. The van der Waals surface area contributed by atoms with E-state index in [9.17, 15) is 5.11 Å². The normalized spacial score (nSPS) is 22.2. The van der Waals surface area contributed by atoms with Gasteiger partial charge in [0.2, 0.25) is 0 Å². The molecule has 0 bridgehead atoms. The third-order valence-corrected chi connectivity index (χ3v) is 6.74. The van der Waals surface area contributed by atoms with Gasteiger partial charge in [-0.3, -0.25) is 0 Å². The van der Waals surface area contributed by atoms with Crippen LogP contribution in [0.2, 0.25) is 0 Å². The summed E-state index contributed by atoms with van der Waals surface area (Å²) in [6.45, 7) is 5.88. The predicted molar refractivity (Wildman–Crippen MR) is 110 cm³/mol. The first-order valence-electron chi connectivity index (χ1n) is 9.42. The van der Waals surface area contributed by atoms with Gasteiger partial charge in [0.05, 0.1) is 8.95 Å². The lowest BCUT2D eigenvalue weighted by Gasteiger charge is -2.40. The number of hydrogen-bond donors (Lipinski definition) is 2. The quantitative estimate of drug-likeness (QED) is 0.682. The predicted octanol–water partition coefficient (Wildman–Crippen LogP) is 3.74. The zero-order chi connectivity index (χ0) is 17.8. The SMILES string of the molecule is N[C@H](Cc1cc(Br)c(O)c(Br)c1)CN1CCC(N2CCCCC2)CC1. The fraction of sp³-hybridized carbons (Fsp3) is 0.684. The van der Waals surface area contributed by atoms with Crippen LogP contribution < -0.4 is 5.73 Å². The molecule has 0 spiro atoms. The van der Waals surface area contributed by atoms with Crippen molar-refractivity contribution in [2.45, 2.75) is 50.6 Å². The van der Waals surface area contributed by atoms with Crippen LogP contribution in [0.5, 0.6) is 5.75 Å². The maximum absolute atomic E-state index is 9.82. The second-order valence-corrected chi connectivity index (χ2v) is 9.21. The molecule has 0 amide bonds. The summed E-state index contributed by atoms with van der Waals surface area (Å²) in [5, 5.41) is 9.82. The van der Waals surface area contributed by atoms with E-state index in [1.165, 1.54) is 45.2 Å². The Morgan fingerprint density at radius 2 is 1.64 bits per heavy atom. The average Bonchev–Trinajstić information content (AvgIpc) is 2.61. The number of aromatic hydroxyl groups is 1. The van der Waals surface area contributed by atoms with Crippen LogP contribution in [-0.4, -0.2) is 59.7 Å². The van der Waals surface area contributed by atoms with Crippen LogP contribution in [0.15, 0.2) is 21.1 Å². The van der Waals surface area contributed by atoms with Gasteiger partial charge in [-0.1, -0.05) is 6.42 Å². The third kappa shape index (κ3) is 5.42. The molecule has 0 aliphatic carbocycles. The van der Waals surface area contributed by atoms with Gasteiger partial charge in [0.25, 0.3) is 0 Å². The van der Waals surface area contributed by atoms with Crippen molar-refractivity contribution in [3.8, 4) is 5.75 Å². The number of nitrogens with zero attached hydrogens (tertiary/aromatic N) is 2. The zero-order valence-electron chi connectivity index (χ0n) is 14.8. The van der Waals surface area contributed by atoms with Gasteiger partial charge in [-0.2, -0.15) is 0 Å². The van der Waals surface area contributed by atoms with Crippen LogP contribution >= 0.6 is 31.9 Å². The first-order chi connectivity index (χ1) is 12.0. The van der Waals surface area contributed by atoms with Crippen molar-refractivity contribution in [1.29, 1.82) is 0 Å². The average molecular weight is 475 g/mol. The largest absolute Gasteiger partial charge is 0.506 e. The van der Waals surface area contributed by atoms with Crippen molar-refractivity contribution < 1.29 is 5.11 Å². The van der Waals surface area contributed by atoms with Gasteiger partial charge in [0, 0.05) is 18.6 Å². The van der Waals surface area contributed by atoms with Crippen molar-refractivity contribution in [1.82, 2.24) is 9.80 Å². The Hall–Kier alpha value is -0.140. The van der Waals surface area contributed by atoms with Gasteiger partial charge in [-0.05, 0) is 108 Å². The first kappa shape index (κ1) is 19.6. The smallest absolute Gasteiger partial charge is 0.143 e. The fourth-order valence-corrected chi connectivity index (χ4v) is 5.47. The summed E-state index contributed by atoms with van der Waals surface area (Å²) in [6, 6.07) is 4.83. The van der Waals surface area contributed by atoms with Gasteiger partial charge in [0.15, 0.2) is 0 Å². The summed E-state index contributed by atoms with van der Waals surface area (Å²) in [7, 11) is 0. The molecule has 0 saturated carbocycles. The fourth-order valence-electron chi connectivity index (χ4n) is 4.19. The number of hydrogen-bond acceptors (Lipinski definition) is 4. The molecule has 25 heavy (non-hydrogen) atoms. The molecule has 1 atom stereocenters. The zero-order valence-corrected chi connectivity index (χ0v) is 17.9. The molecule has 2 aliphatic rings. The highest BCUT2D eigenvalue weighted by Gasteiger charge is 2.26. The van der Waals surface area contributed by atoms with E-state index < -0.39 is 0 Å². The molecule has 0 radical (unpaired) electrons. The molecule has 2 aliphatic heterocycles. The van der Waals surface area contributed by atoms with E-state index in [-0.39, 0.29) is 11.8 Å². The molecular weight excluding hydrogens is 446 g/mol. The van der Waals surface area contributed by atoms with Crippen LogP contribution in [0.3, 0.4) is 0 Å². The van der Waals surface area contributed by atoms with Crippen molar-refractivity contribution >= 4 is 31.9 Å². The van der Waals surface area contributed by atoms with E-state index in [2.05, 4.69) is 41.7 Å². The Morgan fingerprint density at radius 3 is 2.24 bits per heavy atom. The number of piperidine rings is 2. The molecule has 3 rings (SSSR count). The van der Waals surface area contributed by atoms with Crippen molar-refractivity contribution in [2.24, 2.45) is 5.73 Å². The van der Waals surface area contributed by atoms with Crippen LogP contribution in [-0.2, 0) is 6.42 Å². The summed E-state index contributed by atoms with van der Waals surface area (Å²) in [5.41, 5.74) is 7.55. The molecule has 2 heterocycles. The molecule has 3 N–H and O–H groups in total. The maximum atomic E-state index is 9.82. The second-order valence-electron chi connectivity index (χ2n) is 7.50. The van der Waals surface area contributed by atoms with Gasteiger partial charge in [0.1, 0.15) is 5.75 Å². The van der Waals surface area contributed by atoms with Gasteiger partial charge < -0.3 is 20.6 Å². The molecule has 2 saturated heterocycles. The minimum Gasteiger partial charge on any atom is -0.506 e. The summed E-state index contributed by atoms with van der Waals surface area (Å²) >= 11 is 6.79. The Bertz CT molecular complexity index is 547. The van der Waals surface area contributed by atoms with E-state index in [4.69, 9.17) is 5.73 Å². The molecule has 0 unspecified atom stereocenters. The molecule has 140 valence electrons. The number of likely N-dealkylation sites (tertiary alicyclic amines) is 2. The van der Waals surface area contributed by atoms with Gasteiger partial charge in [-0.25, -0.2) is 0 Å². The summed E-state index contributed by atoms with van der Waals surface area (Å²) in [5.74, 6) is 0.247. The maximum Gasteiger partial charge on any atom is 0.143 e. The van der Waals surface area contributed by atoms with E-state index in [0.29, 0.717) is 8.95 Å². The van der Waals surface area contributed by atoms with E-state index in [1.807, 2.05) is 12.1 Å². The highest BCUT2D eigenvalue weighted by atomic mass is 79.9. The second kappa shape index (κ2) is 9.18. The summed E-state index contributed by atoms with van der Waals surface area (Å²) in [6.07, 6.45) is 7.55. The molecule has 4 nitrogen and oxygen atoms in total. The Kier molecular flexibility index (Phi) is 7.20. The van der Waals surface area contributed by atoms with Crippen LogP contribution in [0, 0.1) is 0 Å².